The maximum Gasteiger partial charge on any atom is 0.412 e. The summed E-state index contributed by atoms with van der Waals surface area (Å²) in [6.45, 7) is 9.44. The van der Waals surface area contributed by atoms with E-state index in [1.54, 1.807) is 31.2 Å². The largest absolute Gasteiger partial charge is 0.492 e. The van der Waals surface area contributed by atoms with E-state index in [9.17, 15) is 19.8 Å². The Bertz CT molecular complexity index is 1040. The third kappa shape index (κ3) is 7.66. The Balaban J connectivity index is 2.30. The molecule has 0 aliphatic rings. The number of nitrogens with zero attached hydrogens (tertiary/aromatic N) is 2. The summed E-state index contributed by atoms with van der Waals surface area (Å²) in [6.07, 6.45) is 0.895. The van der Waals surface area contributed by atoms with Gasteiger partial charge in [-0.25, -0.2) is 9.78 Å². The van der Waals surface area contributed by atoms with Crippen LogP contribution in [0.3, 0.4) is 0 Å². The van der Waals surface area contributed by atoms with E-state index in [1.807, 2.05) is 33.8 Å². The van der Waals surface area contributed by atoms with Crippen molar-refractivity contribution in [3.8, 4) is 16.9 Å². The normalized spacial score (nSPS) is 14.1. The highest BCUT2D eigenvalue weighted by Gasteiger charge is 2.39. The number of rotatable bonds is 10. The molecule has 1 heterocycles. The summed E-state index contributed by atoms with van der Waals surface area (Å²) in [7, 11) is 1.41. The van der Waals surface area contributed by atoms with Gasteiger partial charge in [-0.2, -0.15) is 0 Å². The quantitative estimate of drug-likeness (QED) is 0.427. The Hall–Kier alpha value is -3.17. The van der Waals surface area contributed by atoms with Gasteiger partial charge < -0.3 is 25.4 Å². The predicted octanol–water partition coefficient (Wildman–Crippen LogP) is 4.07. The maximum absolute atomic E-state index is 13.0. The van der Waals surface area contributed by atoms with Gasteiger partial charge in [-0.05, 0) is 82.0 Å². The van der Waals surface area contributed by atoms with Crippen molar-refractivity contribution in [1.29, 1.82) is 0 Å². The molecule has 2 rings (SSSR count). The lowest BCUT2D eigenvalue weighted by atomic mass is 9.82. The number of amides is 1. The van der Waals surface area contributed by atoms with Crippen molar-refractivity contribution in [1.82, 2.24) is 4.98 Å². The molecule has 1 aromatic heterocycles. The van der Waals surface area contributed by atoms with Crippen LogP contribution in [0.4, 0.5) is 10.6 Å². The number of aromatic nitrogens is 1. The van der Waals surface area contributed by atoms with Crippen LogP contribution in [0, 0.1) is 11.3 Å². The highest BCUT2D eigenvalue weighted by Crippen LogP contribution is 2.33. The molecule has 0 unspecified atom stereocenters. The third-order valence-electron chi connectivity index (χ3n) is 5.58. The van der Waals surface area contributed by atoms with Gasteiger partial charge in [-0.3, -0.25) is 9.69 Å². The second kappa shape index (κ2) is 11.5. The van der Waals surface area contributed by atoms with Crippen LogP contribution in [0.5, 0.6) is 5.75 Å². The Kier molecular flexibility index (Phi) is 9.23. The van der Waals surface area contributed by atoms with Crippen LogP contribution in [0.1, 0.15) is 46.6 Å². The van der Waals surface area contributed by atoms with Gasteiger partial charge >= 0.3 is 12.1 Å². The first kappa shape index (κ1) is 28.1. The van der Waals surface area contributed by atoms with Crippen molar-refractivity contribution in [2.24, 2.45) is 17.1 Å². The lowest BCUT2D eigenvalue weighted by Crippen LogP contribution is -2.41. The van der Waals surface area contributed by atoms with Crippen molar-refractivity contribution in [2.75, 3.05) is 25.1 Å². The molecule has 0 aliphatic carbocycles. The van der Waals surface area contributed by atoms with Gasteiger partial charge in [0.15, 0.2) is 0 Å². The average molecular weight is 488 g/mol. The number of hydrogen-bond donors (Lipinski definition) is 3. The highest BCUT2D eigenvalue weighted by atomic mass is 16.6. The molecule has 0 saturated carbocycles. The number of esters is 1. The van der Waals surface area contributed by atoms with Crippen molar-refractivity contribution in [3.63, 3.8) is 0 Å². The molecule has 0 spiro atoms. The van der Waals surface area contributed by atoms with Gasteiger partial charge in [0, 0.05) is 18.8 Å². The first-order chi connectivity index (χ1) is 16.3. The standard InChI is InChI=1S/C26H37N3O6/c1-17(14-27)13-26(5,23(31)35-25(2,3)4)16-34-21-8-7-18(11-20(21)15-30)19-9-10-28-22(12-19)29(6)24(32)33/h7-12,17,30H,13-16,27H2,1-6H3,(H,32,33)/t17-,26-/m0/s1. The van der Waals surface area contributed by atoms with Crippen LogP contribution in [0.25, 0.3) is 11.1 Å². The van der Waals surface area contributed by atoms with Crippen molar-refractivity contribution in [3.05, 3.63) is 42.1 Å². The summed E-state index contributed by atoms with van der Waals surface area (Å²) >= 11 is 0. The summed E-state index contributed by atoms with van der Waals surface area (Å²) in [5.41, 5.74) is 6.27. The molecule has 35 heavy (non-hydrogen) atoms. The fourth-order valence-corrected chi connectivity index (χ4v) is 3.59. The zero-order valence-corrected chi connectivity index (χ0v) is 21.4. The molecule has 2 atom stereocenters. The molecule has 0 aliphatic heterocycles. The number of aliphatic hydroxyl groups is 1. The number of nitrogens with two attached hydrogens (primary N) is 1. The van der Waals surface area contributed by atoms with Gasteiger partial charge in [0.05, 0.1) is 12.0 Å². The number of carboxylic acid groups (broad SMARTS) is 1. The van der Waals surface area contributed by atoms with E-state index >= 15 is 0 Å². The zero-order chi connectivity index (χ0) is 26.4. The second-order valence-electron chi connectivity index (χ2n) is 10.1. The van der Waals surface area contributed by atoms with Crippen LogP contribution < -0.4 is 15.4 Å². The van der Waals surface area contributed by atoms with E-state index in [4.69, 9.17) is 15.2 Å². The van der Waals surface area contributed by atoms with E-state index < -0.39 is 17.1 Å². The first-order valence-electron chi connectivity index (χ1n) is 11.5. The predicted molar refractivity (Wildman–Crippen MR) is 134 cm³/mol. The molecule has 4 N–H and O–H groups in total. The van der Waals surface area contributed by atoms with E-state index in [0.29, 0.717) is 24.3 Å². The fraction of sp³-hybridized carbons (Fsp3) is 0.500. The van der Waals surface area contributed by atoms with Gasteiger partial charge in [0.1, 0.15) is 23.8 Å². The molecule has 9 nitrogen and oxygen atoms in total. The fourth-order valence-electron chi connectivity index (χ4n) is 3.59. The van der Waals surface area contributed by atoms with Crippen molar-refractivity contribution >= 4 is 17.9 Å². The van der Waals surface area contributed by atoms with Gasteiger partial charge in [-0.1, -0.05) is 13.0 Å². The number of benzene rings is 1. The summed E-state index contributed by atoms with van der Waals surface area (Å²) < 4.78 is 11.7. The molecule has 1 aromatic carbocycles. The summed E-state index contributed by atoms with van der Waals surface area (Å²) in [4.78, 5) is 29.4. The van der Waals surface area contributed by atoms with Crippen LogP contribution in [-0.4, -0.2) is 53.1 Å². The number of hydrogen-bond acceptors (Lipinski definition) is 7. The van der Waals surface area contributed by atoms with E-state index in [0.717, 1.165) is 16.0 Å². The smallest absolute Gasteiger partial charge is 0.412 e. The maximum atomic E-state index is 13.0. The van der Waals surface area contributed by atoms with E-state index in [-0.39, 0.29) is 30.9 Å². The Morgan fingerprint density at radius 3 is 2.37 bits per heavy atom. The number of pyridine rings is 1. The monoisotopic (exact) mass is 487 g/mol. The Morgan fingerprint density at radius 2 is 1.80 bits per heavy atom. The van der Waals surface area contributed by atoms with Crippen LogP contribution >= 0.6 is 0 Å². The molecule has 1 amide bonds. The van der Waals surface area contributed by atoms with Gasteiger partial charge in [-0.15, -0.1) is 0 Å². The van der Waals surface area contributed by atoms with Crippen molar-refractivity contribution in [2.45, 2.75) is 53.2 Å². The number of ether oxygens (including phenoxy) is 2. The minimum Gasteiger partial charge on any atom is -0.492 e. The summed E-state index contributed by atoms with van der Waals surface area (Å²) in [5, 5.41) is 19.2. The zero-order valence-electron chi connectivity index (χ0n) is 21.4. The Morgan fingerprint density at radius 1 is 1.14 bits per heavy atom. The van der Waals surface area contributed by atoms with Crippen molar-refractivity contribution < 1.29 is 29.3 Å². The highest BCUT2D eigenvalue weighted by molar-refractivity contribution is 5.85. The molecule has 0 fully saturated rings. The molecule has 0 bridgehead atoms. The van der Waals surface area contributed by atoms with Crippen LogP contribution in [0.2, 0.25) is 0 Å². The molecule has 192 valence electrons. The third-order valence-corrected chi connectivity index (χ3v) is 5.58. The first-order valence-corrected chi connectivity index (χ1v) is 11.5. The lowest BCUT2D eigenvalue weighted by molar-refractivity contribution is -0.169. The average Bonchev–Trinajstić information content (AvgIpc) is 2.80. The van der Waals surface area contributed by atoms with Gasteiger partial charge in [0.2, 0.25) is 0 Å². The molecule has 9 heteroatoms. The number of aliphatic hydroxyl groups excluding tert-OH is 1. The summed E-state index contributed by atoms with van der Waals surface area (Å²) in [5.74, 6) is 0.450. The number of carbonyl (C=O) groups is 2. The minimum absolute atomic E-state index is 0.0570. The minimum atomic E-state index is -1.12. The Labute approximate surface area is 206 Å². The topological polar surface area (TPSA) is 135 Å². The van der Waals surface area contributed by atoms with E-state index in [2.05, 4.69) is 4.98 Å². The van der Waals surface area contributed by atoms with Gasteiger partial charge in [0.25, 0.3) is 0 Å². The molecular formula is C26H37N3O6. The lowest BCUT2D eigenvalue weighted by Gasteiger charge is -2.33. The van der Waals surface area contributed by atoms with E-state index in [1.165, 1.54) is 13.2 Å². The SMILES string of the molecule is C[C@H](CN)C[C@@](C)(COc1ccc(-c2ccnc(N(C)C(=O)O)c2)cc1CO)C(=O)OC(C)(C)C. The molecule has 0 saturated heterocycles. The summed E-state index contributed by atoms with van der Waals surface area (Å²) in [6, 6.07) is 8.71. The second-order valence-corrected chi connectivity index (χ2v) is 10.1. The molecule has 2 aromatic rings. The molecule has 0 radical (unpaired) electrons. The number of anilines is 1. The molecular weight excluding hydrogens is 450 g/mol. The number of carbonyl (C=O) groups excluding carboxylic acids is 1. The van der Waals surface area contributed by atoms with Crippen LogP contribution in [-0.2, 0) is 16.1 Å². The van der Waals surface area contributed by atoms with Crippen LogP contribution in [0.15, 0.2) is 36.5 Å².